The number of alkyl halides is 2. The van der Waals surface area contributed by atoms with Gasteiger partial charge in [0, 0.05) is 11.6 Å². The molecule has 0 N–H and O–H groups in total. The van der Waals surface area contributed by atoms with Gasteiger partial charge in [-0.2, -0.15) is 9.65 Å². The lowest BCUT2D eigenvalue weighted by molar-refractivity contribution is 0.106. The normalized spacial score (nSPS) is 10.1. The van der Waals surface area contributed by atoms with Gasteiger partial charge in [0.1, 0.15) is 6.07 Å². The summed E-state index contributed by atoms with van der Waals surface area (Å²) in [4.78, 5) is 13.8. The molecular weight excluding hydrogens is 233 g/mol. The Bertz CT molecular complexity index is 456. The SMILES string of the molecule is N#Cc1nc(F)cc(C(F)F)c1C(=O)Cl. The van der Waals surface area contributed by atoms with Crippen LogP contribution in [0.4, 0.5) is 13.2 Å². The molecule has 0 saturated heterocycles. The van der Waals surface area contributed by atoms with Crippen molar-refractivity contribution in [2.24, 2.45) is 0 Å². The predicted molar refractivity (Wildman–Crippen MR) is 44.1 cm³/mol. The minimum Gasteiger partial charge on any atom is -0.275 e. The van der Waals surface area contributed by atoms with Crippen molar-refractivity contribution in [3.8, 4) is 6.07 Å². The number of hydrogen-bond acceptors (Lipinski definition) is 3. The minimum atomic E-state index is -3.10. The van der Waals surface area contributed by atoms with E-state index in [2.05, 4.69) is 4.98 Å². The van der Waals surface area contributed by atoms with E-state index in [1.165, 1.54) is 6.07 Å². The van der Waals surface area contributed by atoms with E-state index in [4.69, 9.17) is 16.9 Å². The van der Waals surface area contributed by atoms with Crippen LogP contribution in [0.25, 0.3) is 0 Å². The van der Waals surface area contributed by atoms with Crippen molar-refractivity contribution in [2.75, 3.05) is 0 Å². The standard InChI is InChI=1S/C8H2ClF3N2O/c9-7(15)6-3(8(11)12)1-5(10)14-4(6)2-13/h1,8H. The highest BCUT2D eigenvalue weighted by atomic mass is 35.5. The highest BCUT2D eigenvalue weighted by Crippen LogP contribution is 2.26. The first-order valence-corrected chi connectivity index (χ1v) is 3.93. The zero-order valence-electron chi connectivity index (χ0n) is 6.97. The first-order chi connectivity index (χ1) is 6.97. The Kier molecular flexibility index (Phi) is 3.27. The highest BCUT2D eigenvalue weighted by molar-refractivity contribution is 6.68. The van der Waals surface area contributed by atoms with Gasteiger partial charge in [-0.3, -0.25) is 4.79 Å². The lowest BCUT2D eigenvalue weighted by atomic mass is 10.1. The summed E-state index contributed by atoms with van der Waals surface area (Å²) >= 11 is 5.00. The number of carbonyl (C=O) groups excluding carboxylic acids is 1. The molecular formula is C8H2ClF3N2O. The van der Waals surface area contributed by atoms with E-state index < -0.39 is 34.4 Å². The van der Waals surface area contributed by atoms with Gasteiger partial charge in [0.05, 0.1) is 5.56 Å². The molecule has 0 aliphatic rings. The molecule has 3 nitrogen and oxygen atoms in total. The molecule has 0 fully saturated rings. The van der Waals surface area contributed by atoms with E-state index in [0.717, 1.165) is 0 Å². The first-order valence-electron chi connectivity index (χ1n) is 3.56. The smallest absolute Gasteiger partial charge is 0.264 e. The number of hydrogen-bond donors (Lipinski definition) is 0. The van der Waals surface area contributed by atoms with Crippen molar-refractivity contribution >= 4 is 16.8 Å². The van der Waals surface area contributed by atoms with Gasteiger partial charge in [-0.25, -0.2) is 13.8 Å². The van der Waals surface area contributed by atoms with Crippen molar-refractivity contribution in [2.45, 2.75) is 6.43 Å². The van der Waals surface area contributed by atoms with Gasteiger partial charge in [0.2, 0.25) is 5.95 Å². The molecule has 1 rings (SSSR count). The van der Waals surface area contributed by atoms with Crippen LogP contribution in [0.3, 0.4) is 0 Å². The number of nitrogens with zero attached hydrogens (tertiary/aromatic N) is 2. The van der Waals surface area contributed by atoms with Crippen molar-refractivity contribution in [3.63, 3.8) is 0 Å². The summed E-state index contributed by atoms with van der Waals surface area (Å²) < 4.78 is 37.4. The van der Waals surface area contributed by atoms with Crippen molar-refractivity contribution < 1.29 is 18.0 Å². The number of pyridine rings is 1. The average Bonchev–Trinajstić information content (AvgIpc) is 2.15. The summed E-state index contributed by atoms with van der Waals surface area (Å²) in [5.41, 5.74) is -2.43. The Morgan fingerprint density at radius 2 is 2.20 bits per heavy atom. The fourth-order valence-corrected chi connectivity index (χ4v) is 1.19. The Labute approximate surface area is 87.1 Å². The van der Waals surface area contributed by atoms with Gasteiger partial charge in [0.25, 0.3) is 11.7 Å². The molecule has 0 unspecified atom stereocenters. The lowest BCUT2D eigenvalue weighted by Crippen LogP contribution is -2.06. The maximum Gasteiger partial charge on any atom is 0.264 e. The average molecular weight is 235 g/mol. The van der Waals surface area contributed by atoms with E-state index in [-0.39, 0.29) is 0 Å². The number of carbonyl (C=O) groups is 1. The molecule has 0 radical (unpaired) electrons. The molecule has 1 heterocycles. The second-order valence-electron chi connectivity index (χ2n) is 2.44. The van der Waals surface area contributed by atoms with Gasteiger partial charge < -0.3 is 0 Å². The molecule has 7 heteroatoms. The zero-order valence-corrected chi connectivity index (χ0v) is 7.73. The third-order valence-corrected chi connectivity index (χ3v) is 1.75. The summed E-state index contributed by atoms with van der Waals surface area (Å²) in [6.45, 7) is 0. The fourth-order valence-electron chi connectivity index (χ4n) is 0.992. The largest absolute Gasteiger partial charge is 0.275 e. The van der Waals surface area contributed by atoms with Crippen LogP contribution < -0.4 is 0 Å². The topological polar surface area (TPSA) is 53.8 Å². The van der Waals surface area contributed by atoms with Gasteiger partial charge in [-0.15, -0.1) is 0 Å². The van der Waals surface area contributed by atoms with Crippen LogP contribution in [0.15, 0.2) is 6.07 Å². The first kappa shape index (κ1) is 11.5. The van der Waals surface area contributed by atoms with Crippen LogP contribution in [-0.2, 0) is 0 Å². The van der Waals surface area contributed by atoms with Gasteiger partial charge in [-0.05, 0) is 11.6 Å². The third kappa shape index (κ3) is 2.25. The second kappa shape index (κ2) is 4.28. The van der Waals surface area contributed by atoms with E-state index in [0.29, 0.717) is 6.07 Å². The molecule has 0 bridgehead atoms. The monoisotopic (exact) mass is 234 g/mol. The van der Waals surface area contributed by atoms with Crippen molar-refractivity contribution in [1.82, 2.24) is 4.98 Å². The molecule has 0 atom stereocenters. The fraction of sp³-hybridized carbons (Fsp3) is 0.125. The molecule has 0 aliphatic heterocycles. The van der Waals surface area contributed by atoms with Crippen LogP contribution in [0.1, 0.15) is 28.0 Å². The zero-order chi connectivity index (χ0) is 11.6. The molecule has 0 aliphatic carbocycles. The molecule has 0 saturated carbocycles. The number of rotatable bonds is 2. The van der Waals surface area contributed by atoms with Crippen LogP contribution in [0.5, 0.6) is 0 Å². The quantitative estimate of drug-likeness (QED) is 0.583. The summed E-state index contributed by atoms with van der Waals surface area (Å²) in [6.07, 6.45) is -3.10. The molecule has 78 valence electrons. The molecule has 0 amide bonds. The summed E-state index contributed by atoms with van der Waals surface area (Å²) in [5, 5.41) is 7.19. The predicted octanol–water partition coefficient (Wildman–Crippen LogP) is 2.41. The summed E-state index contributed by atoms with van der Waals surface area (Å²) in [7, 11) is 0. The number of aromatic nitrogens is 1. The van der Waals surface area contributed by atoms with Crippen LogP contribution in [-0.4, -0.2) is 10.2 Å². The van der Waals surface area contributed by atoms with E-state index in [9.17, 15) is 18.0 Å². The summed E-state index contributed by atoms with van der Waals surface area (Å²) in [6, 6.07) is 1.70. The molecule has 0 spiro atoms. The van der Waals surface area contributed by atoms with Crippen LogP contribution in [0.2, 0.25) is 0 Å². The minimum absolute atomic E-state index is 0.376. The number of halogens is 4. The molecule has 1 aromatic rings. The Morgan fingerprint density at radius 3 is 2.60 bits per heavy atom. The Balaban J connectivity index is 3.56. The van der Waals surface area contributed by atoms with E-state index in [1.54, 1.807) is 0 Å². The summed E-state index contributed by atoms with van der Waals surface area (Å²) in [5.74, 6) is -1.26. The Morgan fingerprint density at radius 1 is 1.60 bits per heavy atom. The van der Waals surface area contributed by atoms with Crippen molar-refractivity contribution in [3.05, 3.63) is 28.8 Å². The second-order valence-corrected chi connectivity index (χ2v) is 2.79. The molecule has 0 aromatic carbocycles. The number of nitriles is 1. The van der Waals surface area contributed by atoms with Crippen LogP contribution in [0, 0.1) is 17.3 Å². The van der Waals surface area contributed by atoms with E-state index >= 15 is 0 Å². The molecule has 1 aromatic heterocycles. The van der Waals surface area contributed by atoms with Gasteiger partial charge >= 0.3 is 0 Å². The third-order valence-electron chi connectivity index (χ3n) is 1.56. The van der Waals surface area contributed by atoms with Crippen LogP contribution >= 0.6 is 11.6 Å². The van der Waals surface area contributed by atoms with Gasteiger partial charge in [-0.1, -0.05) is 0 Å². The maximum atomic E-state index is 12.7. The Hall–Kier alpha value is -1.61. The van der Waals surface area contributed by atoms with E-state index in [1.807, 2.05) is 0 Å². The van der Waals surface area contributed by atoms with Gasteiger partial charge in [0.15, 0.2) is 5.69 Å². The maximum absolute atomic E-state index is 12.7. The lowest BCUT2D eigenvalue weighted by Gasteiger charge is -2.05. The molecule has 15 heavy (non-hydrogen) atoms. The van der Waals surface area contributed by atoms with Crippen molar-refractivity contribution in [1.29, 1.82) is 5.26 Å². The highest BCUT2D eigenvalue weighted by Gasteiger charge is 2.23.